The smallest absolute Gasteiger partial charge is 0.115 e. The molecule has 4 heteroatoms. The van der Waals surface area contributed by atoms with Crippen LogP contribution in [-0.2, 0) is 0 Å². The number of aromatic hydroxyl groups is 1. The van der Waals surface area contributed by atoms with Crippen molar-refractivity contribution < 1.29 is 5.11 Å². The highest BCUT2D eigenvalue weighted by molar-refractivity contribution is 5.60. The maximum absolute atomic E-state index is 9.30. The van der Waals surface area contributed by atoms with E-state index in [9.17, 15) is 5.11 Å². The summed E-state index contributed by atoms with van der Waals surface area (Å²) in [5.41, 5.74) is 2.20. The number of phenols is 1. The van der Waals surface area contributed by atoms with Crippen molar-refractivity contribution in [3.8, 4) is 17.0 Å². The molecule has 1 aromatic carbocycles. The average Bonchev–Trinajstić information content (AvgIpc) is 3.00. The molecule has 17 heavy (non-hydrogen) atoms. The zero-order valence-corrected chi connectivity index (χ0v) is 9.50. The van der Waals surface area contributed by atoms with Crippen LogP contribution in [0.25, 0.3) is 11.3 Å². The van der Waals surface area contributed by atoms with E-state index in [1.54, 1.807) is 12.1 Å². The summed E-state index contributed by atoms with van der Waals surface area (Å²) >= 11 is 0. The van der Waals surface area contributed by atoms with Gasteiger partial charge in [0.1, 0.15) is 5.75 Å². The van der Waals surface area contributed by atoms with E-state index < -0.39 is 0 Å². The highest BCUT2D eigenvalue weighted by Crippen LogP contribution is 2.26. The molecule has 88 valence electrons. The number of imidazole rings is 1. The third-order valence-electron chi connectivity index (χ3n) is 3.26. The summed E-state index contributed by atoms with van der Waals surface area (Å²) in [6.07, 6.45) is 4.91. The van der Waals surface area contributed by atoms with Crippen molar-refractivity contribution in [2.24, 2.45) is 0 Å². The van der Waals surface area contributed by atoms with Gasteiger partial charge in [-0.15, -0.1) is 0 Å². The van der Waals surface area contributed by atoms with Gasteiger partial charge in [-0.25, -0.2) is 4.98 Å². The fourth-order valence-electron chi connectivity index (χ4n) is 2.33. The molecule has 1 aliphatic heterocycles. The summed E-state index contributed by atoms with van der Waals surface area (Å²) in [4.78, 5) is 4.24. The Morgan fingerprint density at radius 1 is 1.29 bits per heavy atom. The van der Waals surface area contributed by atoms with Gasteiger partial charge in [-0.2, -0.15) is 0 Å². The second-order valence-electron chi connectivity index (χ2n) is 4.38. The summed E-state index contributed by atoms with van der Waals surface area (Å²) < 4.78 is 2.21. The zero-order chi connectivity index (χ0) is 11.7. The van der Waals surface area contributed by atoms with Gasteiger partial charge in [0.25, 0.3) is 0 Å². The first-order chi connectivity index (χ1) is 8.34. The van der Waals surface area contributed by atoms with Gasteiger partial charge in [0, 0.05) is 18.2 Å². The number of nitrogens with one attached hydrogen (secondary N) is 1. The van der Waals surface area contributed by atoms with Gasteiger partial charge in [-0.1, -0.05) is 0 Å². The number of aromatic nitrogens is 2. The van der Waals surface area contributed by atoms with Crippen LogP contribution in [0.3, 0.4) is 0 Å². The Bertz CT molecular complexity index is 498. The third-order valence-corrected chi connectivity index (χ3v) is 3.26. The summed E-state index contributed by atoms with van der Waals surface area (Å²) in [6, 6.07) is 7.75. The summed E-state index contributed by atoms with van der Waals surface area (Å²) in [6.45, 7) is 2.07. The Morgan fingerprint density at radius 2 is 2.12 bits per heavy atom. The Morgan fingerprint density at radius 3 is 2.82 bits per heavy atom. The second kappa shape index (κ2) is 4.22. The van der Waals surface area contributed by atoms with Crippen LogP contribution in [0.2, 0.25) is 0 Å². The first-order valence-electron chi connectivity index (χ1n) is 5.86. The lowest BCUT2D eigenvalue weighted by atomic mass is 10.1. The Balaban J connectivity index is 1.97. The van der Waals surface area contributed by atoms with Gasteiger partial charge in [0.05, 0.1) is 18.2 Å². The van der Waals surface area contributed by atoms with Gasteiger partial charge >= 0.3 is 0 Å². The molecule has 0 saturated carbocycles. The van der Waals surface area contributed by atoms with Crippen molar-refractivity contribution in [1.29, 1.82) is 0 Å². The SMILES string of the molecule is Oc1ccc(-c2cncn2C2CCNC2)cc1. The molecule has 4 nitrogen and oxygen atoms in total. The maximum atomic E-state index is 9.30. The molecule has 1 aromatic heterocycles. The van der Waals surface area contributed by atoms with E-state index in [-0.39, 0.29) is 0 Å². The van der Waals surface area contributed by atoms with Crippen molar-refractivity contribution in [1.82, 2.24) is 14.9 Å². The second-order valence-corrected chi connectivity index (χ2v) is 4.38. The van der Waals surface area contributed by atoms with E-state index in [0.29, 0.717) is 11.8 Å². The van der Waals surface area contributed by atoms with Gasteiger partial charge in [-0.3, -0.25) is 0 Å². The molecule has 1 saturated heterocycles. The number of phenolic OH excluding ortho intramolecular Hbond substituents is 1. The molecule has 1 atom stereocenters. The average molecular weight is 229 g/mol. The minimum Gasteiger partial charge on any atom is -0.508 e. The first kappa shape index (κ1) is 10.4. The molecular weight excluding hydrogens is 214 g/mol. The minimum absolute atomic E-state index is 0.294. The molecule has 1 unspecified atom stereocenters. The monoisotopic (exact) mass is 229 g/mol. The normalized spacial score (nSPS) is 19.6. The maximum Gasteiger partial charge on any atom is 0.115 e. The van der Waals surface area contributed by atoms with Crippen molar-refractivity contribution in [2.75, 3.05) is 13.1 Å². The molecule has 2 N–H and O–H groups in total. The standard InChI is InChI=1S/C13H15N3O/c17-12-3-1-10(2-4-12)13-8-15-9-16(13)11-5-6-14-7-11/h1-4,8-9,11,14,17H,5-7H2. The highest BCUT2D eigenvalue weighted by Gasteiger charge is 2.18. The van der Waals surface area contributed by atoms with Gasteiger partial charge in [0.15, 0.2) is 0 Å². The van der Waals surface area contributed by atoms with Crippen LogP contribution in [0.5, 0.6) is 5.75 Å². The number of benzene rings is 1. The van der Waals surface area contributed by atoms with Crippen LogP contribution >= 0.6 is 0 Å². The van der Waals surface area contributed by atoms with Crippen LogP contribution < -0.4 is 5.32 Å². The van der Waals surface area contributed by atoms with Crippen LogP contribution in [0.1, 0.15) is 12.5 Å². The molecule has 2 heterocycles. The van der Waals surface area contributed by atoms with E-state index in [1.165, 1.54) is 0 Å². The Kier molecular flexibility index (Phi) is 2.57. The molecular formula is C13H15N3O. The molecule has 1 fully saturated rings. The summed E-state index contributed by atoms with van der Waals surface area (Å²) in [5, 5.41) is 12.7. The Labute approximate surface area is 99.9 Å². The largest absolute Gasteiger partial charge is 0.508 e. The zero-order valence-electron chi connectivity index (χ0n) is 9.50. The number of nitrogens with zero attached hydrogens (tertiary/aromatic N) is 2. The van der Waals surface area contributed by atoms with E-state index in [0.717, 1.165) is 30.8 Å². The van der Waals surface area contributed by atoms with Crippen LogP contribution in [0.15, 0.2) is 36.8 Å². The van der Waals surface area contributed by atoms with E-state index in [4.69, 9.17) is 0 Å². The molecule has 0 aliphatic carbocycles. The predicted molar refractivity (Wildman–Crippen MR) is 65.9 cm³/mol. The van der Waals surface area contributed by atoms with Crippen LogP contribution in [-0.4, -0.2) is 27.7 Å². The predicted octanol–water partition coefficient (Wildman–Crippen LogP) is 1.79. The molecule has 2 aromatic rings. The van der Waals surface area contributed by atoms with E-state index in [2.05, 4.69) is 14.9 Å². The topological polar surface area (TPSA) is 50.1 Å². The molecule has 1 aliphatic rings. The van der Waals surface area contributed by atoms with E-state index >= 15 is 0 Å². The molecule has 0 bridgehead atoms. The Hall–Kier alpha value is -1.81. The highest BCUT2D eigenvalue weighted by atomic mass is 16.3. The fourth-order valence-corrected chi connectivity index (χ4v) is 2.33. The lowest BCUT2D eigenvalue weighted by Crippen LogP contribution is -2.13. The molecule has 0 amide bonds. The van der Waals surface area contributed by atoms with Gasteiger partial charge in [0.2, 0.25) is 0 Å². The molecule has 0 radical (unpaired) electrons. The molecule has 0 spiro atoms. The minimum atomic E-state index is 0.294. The lowest BCUT2D eigenvalue weighted by molar-refractivity contribution is 0.475. The number of hydrogen-bond donors (Lipinski definition) is 2. The van der Waals surface area contributed by atoms with Gasteiger partial charge in [-0.05, 0) is 37.2 Å². The van der Waals surface area contributed by atoms with Crippen molar-refractivity contribution in [3.05, 3.63) is 36.8 Å². The summed E-state index contributed by atoms with van der Waals surface area (Å²) in [5.74, 6) is 0.294. The van der Waals surface area contributed by atoms with Crippen molar-refractivity contribution >= 4 is 0 Å². The number of hydrogen-bond acceptors (Lipinski definition) is 3. The van der Waals surface area contributed by atoms with Crippen LogP contribution in [0, 0.1) is 0 Å². The lowest BCUT2D eigenvalue weighted by Gasteiger charge is -2.14. The fraction of sp³-hybridized carbons (Fsp3) is 0.308. The van der Waals surface area contributed by atoms with Crippen molar-refractivity contribution in [3.63, 3.8) is 0 Å². The van der Waals surface area contributed by atoms with E-state index in [1.807, 2.05) is 24.7 Å². The van der Waals surface area contributed by atoms with Crippen molar-refractivity contribution in [2.45, 2.75) is 12.5 Å². The quantitative estimate of drug-likeness (QED) is 0.825. The third kappa shape index (κ3) is 1.91. The molecule has 3 rings (SSSR count). The van der Waals surface area contributed by atoms with Crippen LogP contribution in [0.4, 0.5) is 0 Å². The number of rotatable bonds is 2. The summed E-state index contributed by atoms with van der Waals surface area (Å²) in [7, 11) is 0. The first-order valence-corrected chi connectivity index (χ1v) is 5.86. The van der Waals surface area contributed by atoms with Gasteiger partial charge < -0.3 is 15.0 Å².